The highest BCUT2D eigenvalue weighted by atomic mass is 19.1. The van der Waals surface area contributed by atoms with Crippen molar-refractivity contribution in [3.63, 3.8) is 0 Å². The normalized spacial score (nSPS) is 14.2. The summed E-state index contributed by atoms with van der Waals surface area (Å²) in [4.78, 5) is 10.6. The van der Waals surface area contributed by atoms with Gasteiger partial charge in [0.15, 0.2) is 6.10 Å². The molecule has 0 heterocycles. The Balaban J connectivity index is 2.99. The van der Waals surface area contributed by atoms with Crippen molar-refractivity contribution in [3.05, 3.63) is 29.6 Å². The molecule has 0 saturated heterocycles. The third-order valence-corrected chi connectivity index (χ3v) is 2.11. The van der Waals surface area contributed by atoms with Gasteiger partial charge in [0, 0.05) is 11.6 Å². The highest BCUT2D eigenvalue weighted by Crippen LogP contribution is 2.25. The molecule has 1 aromatic rings. The highest BCUT2D eigenvalue weighted by Gasteiger charge is 2.16. The Bertz CT molecular complexity index is 393. The number of carboxylic acid groups (broad SMARTS) is 1. The molecule has 88 valence electrons. The fraction of sp³-hybridized carbons (Fsp3) is 0.364. The molecule has 4 nitrogen and oxygen atoms in total. The Morgan fingerprint density at radius 3 is 2.62 bits per heavy atom. The summed E-state index contributed by atoms with van der Waals surface area (Å²) in [5, 5.41) is 8.70. The van der Waals surface area contributed by atoms with Crippen molar-refractivity contribution in [2.45, 2.75) is 26.0 Å². The van der Waals surface area contributed by atoms with Gasteiger partial charge in [-0.1, -0.05) is 0 Å². The maximum atomic E-state index is 13.0. The molecule has 2 atom stereocenters. The maximum absolute atomic E-state index is 13.0. The van der Waals surface area contributed by atoms with E-state index in [0.717, 1.165) is 0 Å². The highest BCUT2D eigenvalue weighted by molar-refractivity contribution is 5.72. The van der Waals surface area contributed by atoms with Gasteiger partial charge >= 0.3 is 5.97 Å². The van der Waals surface area contributed by atoms with Crippen molar-refractivity contribution in [3.8, 4) is 5.75 Å². The first kappa shape index (κ1) is 12.4. The number of halogens is 1. The number of carboxylic acids is 1. The van der Waals surface area contributed by atoms with Gasteiger partial charge in [-0.25, -0.2) is 9.18 Å². The van der Waals surface area contributed by atoms with Crippen molar-refractivity contribution in [2.24, 2.45) is 5.73 Å². The van der Waals surface area contributed by atoms with Gasteiger partial charge in [0.05, 0.1) is 0 Å². The topological polar surface area (TPSA) is 72.5 Å². The minimum absolute atomic E-state index is 0.298. The minimum Gasteiger partial charge on any atom is -0.479 e. The third-order valence-electron chi connectivity index (χ3n) is 2.11. The molecule has 1 rings (SSSR count). The molecule has 0 fully saturated rings. The number of aliphatic carboxylic acids is 1. The first-order valence-corrected chi connectivity index (χ1v) is 4.86. The van der Waals surface area contributed by atoms with Gasteiger partial charge < -0.3 is 15.6 Å². The largest absolute Gasteiger partial charge is 0.479 e. The average molecular weight is 227 g/mol. The lowest BCUT2D eigenvalue weighted by Crippen LogP contribution is -2.24. The van der Waals surface area contributed by atoms with E-state index in [2.05, 4.69) is 0 Å². The zero-order valence-electron chi connectivity index (χ0n) is 9.11. The van der Waals surface area contributed by atoms with Gasteiger partial charge in [-0.3, -0.25) is 0 Å². The summed E-state index contributed by atoms with van der Waals surface area (Å²) in [5.74, 6) is -1.21. The quantitative estimate of drug-likeness (QED) is 0.821. The Hall–Kier alpha value is -1.62. The molecule has 5 heteroatoms. The lowest BCUT2D eigenvalue weighted by Gasteiger charge is -2.16. The Kier molecular flexibility index (Phi) is 3.84. The molecule has 16 heavy (non-hydrogen) atoms. The SMILES string of the molecule is CC(Oc1ccc(F)cc1C(C)N)C(=O)O. The van der Waals surface area contributed by atoms with Gasteiger partial charge in [-0.05, 0) is 32.0 Å². The number of benzene rings is 1. The average Bonchev–Trinajstić information content (AvgIpc) is 2.20. The van der Waals surface area contributed by atoms with E-state index in [-0.39, 0.29) is 0 Å². The second-order valence-corrected chi connectivity index (χ2v) is 3.57. The van der Waals surface area contributed by atoms with Crippen LogP contribution in [0, 0.1) is 5.82 Å². The second-order valence-electron chi connectivity index (χ2n) is 3.57. The molecule has 0 spiro atoms. The molecular weight excluding hydrogens is 213 g/mol. The summed E-state index contributed by atoms with van der Waals surface area (Å²) in [6.45, 7) is 3.07. The van der Waals surface area contributed by atoms with Crippen molar-refractivity contribution >= 4 is 5.97 Å². The van der Waals surface area contributed by atoms with Gasteiger partial charge in [-0.15, -0.1) is 0 Å². The van der Waals surface area contributed by atoms with Crippen LogP contribution in [0.15, 0.2) is 18.2 Å². The first-order chi connectivity index (χ1) is 7.41. The number of rotatable bonds is 4. The predicted molar refractivity (Wildman–Crippen MR) is 56.7 cm³/mol. The van der Waals surface area contributed by atoms with E-state index in [1.165, 1.54) is 25.1 Å². The molecule has 0 aliphatic carbocycles. The molecule has 0 radical (unpaired) electrons. The summed E-state index contributed by atoms with van der Waals surface area (Å²) >= 11 is 0. The summed E-state index contributed by atoms with van der Waals surface area (Å²) in [6, 6.07) is 3.41. The molecule has 0 aliphatic heterocycles. The van der Waals surface area contributed by atoms with Crippen LogP contribution in [0.3, 0.4) is 0 Å². The van der Waals surface area contributed by atoms with Gasteiger partial charge in [0.1, 0.15) is 11.6 Å². The van der Waals surface area contributed by atoms with Gasteiger partial charge in [0.2, 0.25) is 0 Å². The van der Waals surface area contributed by atoms with Crippen molar-refractivity contribution in [2.75, 3.05) is 0 Å². The fourth-order valence-corrected chi connectivity index (χ4v) is 1.22. The van der Waals surface area contributed by atoms with Gasteiger partial charge in [0.25, 0.3) is 0 Å². The molecule has 3 N–H and O–H groups in total. The monoisotopic (exact) mass is 227 g/mol. The summed E-state index contributed by atoms with van der Waals surface area (Å²) < 4.78 is 18.2. The molecule has 1 aromatic carbocycles. The molecule has 0 aromatic heterocycles. The third kappa shape index (κ3) is 2.93. The number of hydrogen-bond donors (Lipinski definition) is 2. The van der Waals surface area contributed by atoms with Crippen LogP contribution in [0.2, 0.25) is 0 Å². The zero-order chi connectivity index (χ0) is 12.3. The number of nitrogens with two attached hydrogens (primary N) is 1. The van der Waals surface area contributed by atoms with E-state index in [4.69, 9.17) is 15.6 Å². The second kappa shape index (κ2) is 4.94. The van der Waals surface area contributed by atoms with Crippen molar-refractivity contribution in [1.82, 2.24) is 0 Å². The van der Waals surface area contributed by atoms with E-state index in [9.17, 15) is 9.18 Å². The maximum Gasteiger partial charge on any atom is 0.344 e. The lowest BCUT2D eigenvalue weighted by atomic mass is 10.1. The van der Waals surface area contributed by atoms with Crippen LogP contribution >= 0.6 is 0 Å². The van der Waals surface area contributed by atoms with Crippen LogP contribution in [0.5, 0.6) is 5.75 Å². The Morgan fingerprint density at radius 1 is 1.50 bits per heavy atom. The standard InChI is InChI=1S/C11H14FNO3/c1-6(13)9-5-8(12)3-4-10(9)16-7(2)11(14)15/h3-7H,13H2,1-2H3,(H,14,15). The number of ether oxygens (including phenoxy) is 1. The van der Waals surface area contributed by atoms with E-state index in [0.29, 0.717) is 11.3 Å². The number of carbonyl (C=O) groups is 1. The van der Waals surface area contributed by atoms with E-state index >= 15 is 0 Å². The van der Waals surface area contributed by atoms with Crippen LogP contribution < -0.4 is 10.5 Å². The Morgan fingerprint density at radius 2 is 2.12 bits per heavy atom. The minimum atomic E-state index is -1.08. The van der Waals surface area contributed by atoms with Crippen LogP contribution in [-0.4, -0.2) is 17.2 Å². The molecule has 0 bridgehead atoms. The number of hydrogen-bond acceptors (Lipinski definition) is 3. The van der Waals surface area contributed by atoms with E-state index in [1.807, 2.05) is 0 Å². The lowest BCUT2D eigenvalue weighted by molar-refractivity contribution is -0.144. The summed E-state index contributed by atoms with van der Waals surface area (Å²) in [7, 11) is 0. The van der Waals surface area contributed by atoms with E-state index < -0.39 is 23.9 Å². The van der Waals surface area contributed by atoms with Crippen LogP contribution in [0.25, 0.3) is 0 Å². The molecular formula is C11H14FNO3. The van der Waals surface area contributed by atoms with Crippen LogP contribution in [-0.2, 0) is 4.79 Å². The Labute approximate surface area is 92.8 Å². The van der Waals surface area contributed by atoms with Crippen molar-refractivity contribution in [1.29, 1.82) is 0 Å². The first-order valence-electron chi connectivity index (χ1n) is 4.86. The predicted octanol–water partition coefficient (Wildman–Crippen LogP) is 1.70. The zero-order valence-corrected chi connectivity index (χ0v) is 9.11. The van der Waals surface area contributed by atoms with Crippen LogP contribution in [0.4, 0.5) is 4.39 Å². The molecule has 0 amide bonds. The van der Waals surface area contributed by atoms with E-state index in [1.54, 1.807) is 6.92 Å². The molecule has 2 unspecified atom stereocenters. The van der Waals surface area contributed by atoms with Gasteiger partial charge in [-0.2, -0.15) is 0 Å². The fourth-order valence-electron chi connectivity index (χ4n) is 1.22. The van der Waals surface area contributed by atoms with Crippen LogP contribution in [0.1, 0.15) is 25.5 Å². The summed E-state index contributed by atoms with van der Waals surface area (Å²) in [5.41, 5.74) is 6.09. The molecule has 0 saturated carbocycles. The molecule has 0 aliphatic rings. The summed E-state index contributed by atoms with van der Waals surface area (Å²) in [6.07, 6.45) is -0.997. The smallest absolute Gasteiger partial charge is 0.344 e. The van der Waals surface area contributed by atoms with Crippen molar-refractivity contribution < 1.29 is 19.0 Å².